The Bertz CT molecular complexity index is 603. The summed E-state index contributed by atoms with van der Waals surface area (Å²) in [5.74, 6) is 0.722. The molecule has 0 saturated carbocycles. The average Bonchev–Trinajstić information content (AvgIpc) is 2.76. The van der Waals surface area contributed by atoms with Gasteiger partial charge in [-0.05, 0) is 30.2 Å². The van der Waals surface area contributed by atoms with Crippen LogP contribution < -0.4 is 0 Å². The lowest BCUT2D eigenvalue weighted by molar-refractivity contribution is 0.479. The summed E-state index contributed by atoms with van der Waals surface area (Å²) in [4.78, 5) is 11.7. The summed E-state index contributed by atoms with van der Waals surface area (Å²) >= 11 is 0. The van der Waals surface area contributed by atoms with Crippen LogP contribution in [0.4, 0.5) is 4.39 Å². The van der Waals surface area contributed by atoms with Gasteiger partial charge in [-0.2, -0.15) is 0 Å². The Morgan fingerprint density at radius 2 is 1.90 bits per heavy atom. The van der Waals surface area contributed by atoms with Crippen LogP contribution in [0.2, 0.25) is 0 Å². The Hall–Kier alpha value is -2.04. The van der Waals surface area contributed by atoms with E-state index in [4.69, 9.17) is 0 Å². The van der Waals surface area contributed by atoms with Crippen LogP contribution in [0, 0.1) is 5.82 Å². The van der Waals surface area contributed by atoms with Gasteiger partial charge in [-0.1, -0.05) is 0 Å². The van der Waals surface area contributed by atoms with Crippen molar-refractivity contribution in [3.63, 3.8) is 0 Å². The van der Waals surface area contributed by atoms with E-state index in [0.717, 1.165) is 28.8 Å². The quantitative estimate of drug-likeness (QED) is 0.689. The zero-order valence-electron chi connectivity index (χ0n) is 12.4. The van der Waals surface area contributed by atoms with Gasteiger partial charge >= 0.3 is 0 Å². The summed E-state index contributed by atoms with van der Waals surface area (Å²) < 4.78 is 13.3. The van der Waals surface area contributed by atoms with Crippen molar-refractivity contribution in [3.05, 3.63) is 35.8 Å². The highest BCUT2D eigenvalue weighted by atomic mass is 19.1. The minimum Gasteiger partial charge on any atom is -0.361 e. The normalized spacial score (nSPS) is 10.7. The number of guanidine groups is 1. The van der Waals surface area contributed by atoms with Gasteiger partial charge in [0.25, 0.3) is 0 Å². The van der Waals surface area contributed by atoms with Crippen LogP contribution in [0.3, 0.4) is 0 Å². The Morgan fingerprint density at radius 1 is 1.20 bits per heavy atom. The molecular formula is C15H21FN4. The van der Waals surface area contributed by atoms with Crippen molar-refractivity contribution in [1.82, 2.24) is 14.8 Å². The molecule has 0 fully saturated rings. The van der Waals surface area contributed by atoms with E-state index >= 15 is 0 Å². The van der Waals surface area contributed by atoms with Gasteiger partial charge in [-0.25, -0.2) is 4.39 Å². The number of nitrogens with zero attached hydrogens (tertiary/aromatic N) is 3. The van der Waals surface area contributed by atoms with Gasteiger partial charge in [0.2, 0.25) is 0 Å². The van der Waals surface area contributed by atoms with Crippen molar-refractivity contribution in [2.75, 3.05) is 34.7 Å². The number of hydrogen-bond acceptors (Lipinski definition) is 1. The first kappa shape index (κ1) is 14.4. The van der Waals surface area contributed by atoms with Gasteiger partial charge in [-0.3, -0.25) is 4.99 Å². The molecule has 2 aromatic rings. The van der Waals surface area contributed by atoms with Crippen molar-refractivity contribution in [1.29, 1.82) is 0 Å². The van der Waals surface area contributed by atoms with Gasteiger partial charge in [0.1, 0.15) is 5.82 Å². The van der Waals surface area contributed by atoms with Gasteiger partial charge in [-0.15, -0.1) is 0 Å². The predicted molar refractivity (Wildman–Crippen MR) is 81.6 cm³/mol. The van der Waals surface area contributed by atoms with Gasteiger partial charge < -0.3 is 14.8 Å². The van der Waals surface area contributed by atoms with Crippen molar-refractivity contribution in [2.24, 2.45) is 4.99 Å². The fourth-order valence-corrected chi connectivity index (χ4v) is 2.32. The summed E-state index contributed by atoms with van der Waals surface area (Å²) in [6.45, 7) is 0.676. The van der Waals surface area contributed by atoms with E-state index in [1.54, 1.807) is 12.1 Å². The molecule has 0 saturated heterocycles. The Labute approximate surface area is 118 Å². The third-order valence-corrected chi connectivity index (χ3v) is 3.16. The van der Waals surface area contributed by atoms with Crippen molar-refractivity contribution >= 4 is 16.9 Å². The number of aliphatic imine (C=N–C) groups is 1. The molecule has 1 N–H and O–H groups in total. The molecule has 0 aliphatic carbocycles. The topological polar surface area (TPSA) is 34.6 Å². The smallest absolute Gasteiger partial charge is 0.195 e. The molecule has 0 spiro atoms. The first-order valence-corrected chi connectivity index (χ1v) is 6.63. The lowest BCUT2D eigenvalue weighted by Gasteiger charge is -2.22. The van der Waals surface area contributed by atoms with Gasteiger partial charge in [0.05, 0.1) is 0 Å². The predicted octanol–water partition coefficient (Wildman–Crippen LogP) is 2.33. The number of benzene rings is 1. The van der Waals surface area contributed by atoms with E-state index < -0.39 is 0 Å². The largest absolute Gasteiger partial charge is 0.361 e. The fourth-order valence-electron chi connectivity index (χ4n) is 2.32. The monoisotopic (exact) mass is 276 g/mol. The first-order valence-electron chi connectivity index (χ1n) is 6.63. The molecule has 0 bridgehead atoms. The minimum absolute atomic E-state index is 0.205. The summed E-state index contributed by atoms with van der Waals surface area (Å²) in [5.41, 5.74) is 2.06. The highest BCUT2D eigenvalue weighted by Crippen LogP contribution is 2.19. The van der Waals surface area contributed by atoms with Crippen LogP contribution in [0.5, 0.6) is 0 Å². The zero-order chi connectivity index (χ0) is 14.7. The summed E-state index contributed by atoms with van der Waals surface area (Å²) in [6, 6.07) is 4.81. The molecule has 0 unspecified atom stereocenters. The standard InChI is InChI=1S/C15H21FN4/c1-19(2)15(20(3)4)17-8-7-11-10-18-14-6-5-12(16)9-13(11)14/h5-6,9-10,18H,7-8H2,1-4H3. The fraction of sp³-hybridized carbons (Fsp3) is 0.400. The second kappa shape index (κ2) is 5.94. The van der Waals surface area contributed by atoms with E-state index in [0.29, 0.717) is 6.54 Å². The van der Waals surface area contributed by atoms with Crippen LogP contribution in [-0.2, 0) is 6.42 Å². The Morgan fingerprint density at radius 3 is 2.55 bits per heavy atom. The maximum atomic E-state index is 13.3. The highest BCUT2D eigenvalue weighted by molar-refractivity contribution is 5.83. The summed E-state index contributed by atoms with van der Waals surface area (Å²) in [6.07, 6.45) is 2.72. The maximum Gasteiger partial charge on any atom is 0.195 e. The molecule has 1 aromatic heterocycles. The molecule has 0 aliphatic rings. The zero-order valence-corrected chi connectivity index (χ0v) is 12.4. The summed E-state index contributed by atoms with van der Waals surface area (Å²) in [5, 5.41) is 0.941. The Kier molecular flexibility index (Phi) is 4.27. The van der Waals surface area contributed by atoms with Gasteiger partial charge in [0, 0.05) is 51.8 Å². The second-order valence-electron chi connectivity index (χ2n) is 5.22. The van der Waals surface area contributed by atoms with E-state index in [1.807, 2.05) is 44.2 Å². The number of hydrogen-bond donors (Lipinski definition) is 1. The van der Waals surface area contributed by atoms with E-state index in [9.17, 15) is 4.39 Å². The van der Waals surface area contributed by atoms with Crippen LogP contribution in [-0.4, -0.2) is 55.5 Å². The molecule has 1 aromatic carbocycles. The van der Waals surface area contributed by atoms with E-state index in [-0.39, 0.29) is 5.82 Å². The van der Waals surface area contributed by atoms with Crippen molar-refractivity contribution in [2.45, 2.75) is 6.42 Å². The van der Waals surface area contributed by atoms with Crippen LogP contribution in [0.25, 0.3) is 10.9 Å². The molecule has 0 aliphatic heterocycles. The second-order valence-corrected chi connectivity index (χ2v) is 5.22. The molecule has 0 amide bonds. The van der Waals surface area contributed by atoms with E-state index in [1.165, 1.54) is 6.07 Å². The van der Waals surface area contributed by atoms with E-state index in [2.05, 4.69) is 9.98 Å². The number of rotatable bonds is 3. The molecule has 1 heterocycles. The number of aromatic amines is 1. The van der Waals surface area contributed by atoms with Crippen LogP contribution >= 0.6 is 0 Å². The molecule has 5 heteroatoms. The van der Waals surface area contributed by atoms with Crippen LogP contribution in [0.1, 0.15) is 5.56 Å². The molecule has 0 radical (unpaired) electrons. The van der Waals surface area contributed by atoms with Crippen molar-refractivity contribution in [3.8, 4) is 0 Å². The number of halogens is 1. The number of H-pyrrole nitrogens is 1. The SMILES string of the molecule is CN(C)C(=NCCc1c[nH]c2ccc(F)cc12)N(C)C. The minimum atomic E-state index is -0.205. The molecular weight excluding hydrogens is 255 g/mol. The summed E-state index contributed by atoms with van der Waals surface area (Å²) in [7, 11) is 7.89. The third kappa shape index (κ3) is 3.10. The molecule has 4 nitrogen and oxygen atoms in total. The Balaban J connectivity index is 2.13. The maximum absolute atomic E-state index is 13.3. The van der Waals surface area contributed by atoms with Crippen LogP contribution in [0.15, 0.2) is 29.4 Å². The number of nitrogens with one attached hydrogen (secondary N) is 1. The lowest BCUT2D eigenvalue weighted by Crippen LogP contribution is -2.35. The third-order valence-electron chi connectivity index (χ3n) is 3.16. The first-order chi connectivity index (χ1) is 9.49. The van der Waals surface area contributed by atoms with Crippen molar-refractivity contribution < 1.29 is 4.39 Å². The molecule has 0 atom stereocenters. The lowest BCUT2D eigenvalue weighted by atomic mass is 10.1. The number of aromatic nitrogens is 1. The highest BCUT2D eigenvalue weighted by Gasteiger charge is 2.06. The van der Waals surface area contributed by atoms with Gasteiger partial charge in [0.15, 0.2) is 5.96 Å². The number of fused-ring (bicyclic) bond motifs is 1. The molecule has 2 rings (SSSR count). The molecule has 20 heavy (non-hydrogen) atoms. The average molecular weight is 276 g/mol. The molecule has 108 valence electrons.